The normalized spacial score (nSPS) is 19.1. The molecule has 2 aliphatic rings. The molecule has 4 rings (SSSR count). The number of carbonyl (C=O) groups is 3. The third-order valence-corrected chi connectivity index (χ3v) is 7.23. The third-order valence-electron chi connectivity index (χ3n) is 5.86. The molecule has 0 bridgehead atoms. The van der Waals surface area contributed by atoms with Gasteiger partial charge in [0, 0.05) is 35.6 Å². The van der Waals surface area contributed by atoms with Crippen LogP contribution in [-0.2, 0) is 32.1 Å². The van der Waals surface area contributed by atoms with Crippen molar-refractivity contribution in [1.82, 2.24) is 4.90 Å². The first-order valence-electron chi connectivity index (χ1n) is 10.8. The Bertz CT molecular complexity index is 1310. The number of hydrogen-bond acceptors (Lipinski definition) is 10. The minimum absolute atomic E-state index is 0.0965. The highest BCUT2D eigenvalue weighted by Gasteiger charge is 2.58. The fourth-order valence-electron chi connectivity index (χ4n) is 4.00. The van der Waals surface area contributed by atoms with Crippen LogP contribution in [-0.4, -0.2) is 49.4 Å². The number of carboxylic acid groups (broad SMARTS) is 1. The van der Waals surface area contributed by atoms with Crippen LogP contribution < -0.4 is 0 Å². The molecule has 0 unspecified atom stereocenters. The first kappa shape index (κ1) is 25.6. The van der Waals surface area contributed by atoms with Crippen LogP contribution in [0.1, 0.15) is 18.1 Å². The topological polar surface area (TPSA) is 179 Å². The van der Waals surface area contributed by atoms with E-state index in [0.717, 1.165) is 4.90 Å². The quantitative estimate of drug-likeness (QED) is 0.217. The maximum Gasteiger partial charge on any atom is 0.508 e. The molecular formula is C23H19N3O10S. The van der Waals surface area contributed by atoms with Crippen molar-refractivity contribution in [3.63, 3.8) is 0 Å². The lowest BCUT2D eigenvalue weighted by atomic mass is 9.92. The van der Waals surface area contributed by atoms with Gasteiger partial charge >= 0.3 is 12.1 Å². The van der Waals surface area contributed by atoms with Gasteiger partial charge in [-0.05, 0) is 30.2 Å². The van der Waals surface area contributed by atoms with Crippen LogP contribution in [0.15, 0.2) is 59.1 Å². The Morgan fingerprint density at radius 3 is 2.08 bits per heavy atom. The monoisotopic (exact) mass is 529 g/mol. The number of nitro groups is 2. The number of aliphatic carboxylic acids is 1. The van der Waals surface area contributed by atoms with Gasteiger partial charge < -0.3 is 14.6 Å². The number of β-lactam (4-membered cyclic amide) rings is 1. The first-order valence-corrected chi connectivity index (χ1v) is 11.7. The Hall–Kier alpha value is -4.46. The number of rotatable bonds is 9. The fourth-order valence-corrected chi connectivity index (χ4v) is 5.64. The molecule has 3 atom stereocenters. The lowest BCUT2D eigenvalue weighted by molar-refractivity contribution is -0.385. The number of allylic oxidation sites excluding steroid dienone is 1. The molecule has 2 aromatic rings. The van der Waals surface area contributed by atoms with Gasteiger partial charge in [-0.1, -0.05) is 12.1 Å². The summed E-state index contributed by atoms with van der Waals surface area (Å²) in [6.45, 7) is 1.30. The Morgan fingerprint density at radius 1 is 1.03 bits per heavy atom. The summed E-state index contributed by atoms with van der Waals surface area (Å²) < 4.78 is 10.3. The van der Waals surface area contributed by atoms with Gasteiger partial charge in [0.05, 0.1) is 9.85 Å². The molecule has 37 heavy (non-hydrogen) atoms. The SMILES string of the molecule is C[C@@H](OC(=O)OCc1ccc([N+](=O)[O-])cc1)[C@H]1C(=O)N2C(C(=O)O)=C(Cc3ccc([N+](=O)[O-])cc3)S[C@H]12. The number of amides is 1. The summed E-state index contributed by atoms with van der Waals surface area (Å²) in [6, 6.07) is 11.1. The van der Waals surface area contributed by atoms with Crippen LogP contribution in [0.2, 0.25) is 0 Å². The average molecular weight is 529 g/mol. The molecule has 14 heteroatoms. The van der Waals surface area contributed by atoms with Gasteiger partial charge in [0.15, 0.2) is 0 Å². The fraction of sp³-hybridized carbons (Fsp3) is 0.261. The smallest absolute Gasteiger partial charge is 0.477 e. The number of nitro benzene ring substituents is 2. The predicted molar refractivity (Wildman–Crippen MR) is 127 cm³/mol. The molecule has 192 valence electrons. The van der Waals surface area contributed by atoms with Crippen LogP contribution in [0.3, 0.4) is 0 Å². The Kier molecular flexibility index (Phi) is 7.11. The summed E-state index contributed by atoms with van der Waals surface area (Å²) in [6.07, 6.45) is -1.80. The van der Waals surface area contributed by atoms with E-state index in [0.29, 0.717) is 16.0 Å². The Labute approximate surface area is 212 Å². The lowest BCUT2D eigenvalue weighted by Gasteiger charge is -2.44. The van der Waals surface area contributed by atoms with Gasteiger partial charge in [0.2, 0.25) is 5.91 Å². The highest BCUT2D eigenvalue weighted by Crippen LogP contribution is 2.51. The standard InChI is InChI=1S/C23H19N3O10S/c1-12(36-23(30)35-11-14-4-8-16(9-5-14)26(33)34)18-20(27)24-19(22(28)29)17(37-21(18)24)10-13-2-6-15(7-3-13)25(31)32/h2-9,12,18,21H,10-11H2,1H3,(H,28,29)/t12-,18+,21-/m1/s1. The van der Waals surface area contributed by atoms with Crippen molar-refractivity contribution in [2.75, 3.05) is 0 Å². The highest BCUT2D eigenvalue weighted by molar-refractivity contribution is 8.04. The molecule has 1 fully saturated rings. The Morgan fingerprint density at radius 2 is 1.57 bits per heavy atom. The number of ether oxygens (including phenoxy) is 2. The van der Waals surface area contributed by atoms with Crippen molar-refractivity contribution < 1.29 is 38.8 Å². The van der Waals surface area contributed by atoms with E-state index >= 15 is 0 Å². The van der Waals surface area contributed by atoms with E-state index in [2.05, 4.69) is 0 Å². The molecule has 2 heterocycles. The number of thioether (sulfide) groups is 1. The van der Waals surface area contributed by atoms with Crippen molar-refractivity contribution in [3.8, 4) is 0 Å². The lowest BCUT2D eigenvalue weighted by Crippen LogP contribution is -2.61. The second-order valence-electron chi connectivity index (χ2n) is 8.20. The molecule has 0 aliphatic carbocycles. The number of carbonyl (C=O) groups excluding carboxylic acids is 2. The number of hydrogen-bond donors (Lipinski definition) is 1. The molecule has 0 aromatic heterocycles. The molecule has 1 amide bonds. The maximum absolute atomic E-state index is 12.8. The number of non-ortho nitro benzene ring substituents is 2. The zero-order valence-corrected chi connectivity index (χ0v) is 20.0. The zero-order valence-electron chi connectivity index (χ0n) is 19.1. The van der Waals surface area contributed by atoms with E-state index in [1.165, 1.54) is 67.2 Å². The molecule has 2 aromatic carbocycles. The van der Waals surface area contributed by atoms with Crippen molar-refractivity contribution in [2.24, 2.45) is 5.92 Å². The summed E-state index contributed by atoms with van der Waals surface area (Å²) in [5.41, 5.74) is 0.767. The number of fused-ring (bicyclic) bond motifs is 1. The second kappa shape index (κ2) is 10.3. The predicted octanol–water partition coefficient (Wildman–Crippen LogP) is 3.61. The van der Waals surface area contributed by atoms with Crippen LogP contribution >= 0.6 is 11.8 Å². The largest absolute Gasteiger partial charge is 0.508 e. The van der Waals surface area contributed by atoms with Crippen molar-refractivity contribution in [2.45, 2.75) is 31.4 Å². The average Bonchev–Trinajstić information content (AvgIpc) is 3.17. The third kappa shape index (κ3) is 5.23. The molecule has 1 N–H and O–H groups in total. The van der Waals surface area contributed by atoms with Crippen LogP contribution in [0.4, 0.5) is 16.2 Å². The van der Waals surface area contributed by atoms with Crippen LogP contribution in [0.25, 0.3) is 0 Å². The maximum atomic E-state index is 12.8. The summed E-state index contributed by atoms with van der Waals surface area (Å²) >= 11 is 1.17. The Balaban J connectivity index is 1.37. The molecular weight excluding hydrogens is 510 g/mol. The number of nitrogens with zero attached hydrogens (tertiary/aromatic N) is 3. The van der Waals surface area contributed by atoms with E-state index in [9.17, 15) is 39.7 Å². The van der Waals surface area contributed by atoms with Gasteiger partial charge in [0.1, 0.15) is 29.7 Å². The molecule has 0 radical (unpaired) electrons. The highest BCUT2D eigenvalue weighted by atomic mass is 32.2. The van der Waals surface area contributed by atoms with Crippen LogP contribution in [0.5, 0.6) is 0 Å². The van der Waals surface area contributed by atoms with E-state index in [-0.39, 0.29) is 30.1 Å². The van der Waals surface area contributed by atoms with Gasteiger partial charge in [-0.3, -0.25) is 29.9 Å². The summed E-state index contributed by atoms with van der Waals surface area (Å²) in [7, 11) is 0. The molecule has 13 nitrogen and oxygen atoms in total. The molecule has 0 spiro atoms. The van der Waals surface area contributed by atoms with Crippen molar-refractivity contribution >= 4 is 41.2 Å². The molecule has 0 saturated carbocycles. The van der Waals surface area contributed by atoms with E-state index in [1.54, 1.807) is 0 Å². The number of carboxylic acids is 1. The second-order valence-corrected chi connectivity index (χ2v) is 9.42. The van der Waals surface area contributed by atoms with Crippen molar-refractivity contribution in [3.05, 3.63) is 90.5 Å². The minimum atomic E-state index is -1.28. The van der Waals surface area contributed by atoms with Gasteiger partial charge in [-0.15, -0.1) is 11.8 Å². The van der Waals surface area contributed by atoms with Crippen molar-refractivity contribution in [1.29, 1.82) is 0 Å². The van der Waals surface area contributed by atoms with Gasteiger partial charge in [0.25, 0.3) is 11.4 Å². The van der Waals surface area contributed by atoms with Gasteiger partial charge in [-0.2, -0.15) is 0 Å². The minimum Gasteiger partial charge on any atom is -0.477 e. The van der Waals surface area contributed by atoms with Gasteiger partial charge in [-0.25, -0.2) is 9.59 Å². The van der Waals surface area contributed by atoms with E-state index < -0.39 is 45.3 Å². The molecule has 2 aliphatic heterocycles. The van der Waals surface area contributed by atoms with E-state index in [1.807, 2.05) is 0 Å². The van der Waals surface area contributed by atoms with E-state index in [4.69, 9.17) is 9.47 Å². The summed E-state index contributed by atoms with van der Waals surface area (Å²) in [4.78, 5) is 58.9. The zero-order chi connectivity index (χ0) is 26.9. The molecule has 1 saturated heterocycles. The summed E-state index contributed by atoms with van der Waals surface area (Å²) in [5, 5.41) is 30.7. The summed E-state index contributed by atoms with van der Waals surface area (Å²) in [5.74, 6) is -2.60. The van der Waals surface area contributed by atoms with Crippen LogP contribution in [0, 0.1) is 26.1 Å². The number of benzene rings is 2. The first-order chi connectivity index (χ1) is 17.6.